The summed E-state index contributed by atoms with van der Waals surface area (Å²) >= 11 is 5.48. The Labute approximate surface area is 107 Å². The number of ether oxygens (including phenoxy) is 1. The lowest BCUT2D eigenvalue weighted by atomic mass is 10.1. The molecule has 1 amide bonds. The lowest BCUT2D eigenvalue weighted by Gasteiger charge is -2.28. The standard InChI is InChI=1S/C12H20ClNO3/c1-12(2,3)17-11(16)14-6-4-5-9(14)7-10(15)8-13/h9H,4-8H2,1-3H3. The zero-order chi connectivity index (χ0) is 13.1. The van der Waals surface area contributed by atoms with Gasteiger partial charge in [0.25, 0.3) is 0 Å². The van der Waals surface area contributed by atoms with E-state index in [0.29, 0.717) is 13.0 Å². The molecule has 4 nitrogen and oxygen atoms in total. The number of rotatable bonds is 3. The second-order valence-electron chi connectivity index (χ2n) is 5.35. The van der Waals surface area contributed by atoms with Crippen LogP contribution < -0.4 is 0 Å². The molecule has 1 fully saturated rings. The predicted molar refractivity (Wildman–Crippen MR) is 66.3 cm³/mol. The molecule has 1 aliphatic heterocycles. The molecule has 1 rings (SSSR count). The van der Waals surface area contributed by atoms with Crippen LogP contribution in [0.3, 0.4) is 0 Å². The Morgan fingerprint density at radius 3 is 2.59 bits per heavy atom. The molecule has 1 aliphatic rings. The van der Waals surface area contributed by atoms with Gasteiger partial charge >= 0.3 is 6.09 Å². The maximum Gasteiger partial charge on any atom is 0.410 e. The largest absolute Gasteiger partial charge is 0.444 e. The van der Waals surface area contributed by atoms with Crippen molar-refractivity contribution >= 4 is 23.5 Å². The first-order valence-corrected chi connectivity index (χ1v) is 6.44. The second-order valence-corrected chi connectivity index (χ2v) is 5.61. The van der Waals surface area contributed by atoms with Crippen molar-refractivity contribution in [1.82, 2.24) is 4.90 Å². The third-order valence-electron chi connectivity index (χ3n) is 2.62. The van der Waals surface area contributed by atoms with Crippen LogP contribution in [0, 0.1) is 0 Å². The SMILES string of the molecule is CC(C)(C)OC(=O)N1CCCC1CC(=O)CCl. The average Bonchev–Trinajstić information content (AvgIpc) is 2.63. The Kier molecular flexibility index (Phi) is 4.80. The highest BCUT2D eigenvalue weighted by Crippen LogP contribution is 2.23. The second kappa shape index (κ2) is 5.71. The van der Waals surface area contributed by atoms with Crippen LogP contribution in [0.25, 0.3) is 0 Å². The topological polar surface area (TPSA) is 46.6 Å². The Balaban J connectivity index is 2.57. The first-order chi connectivity index (χ1) is 7.83. The van der Waals surface area contributed by atoms with Crippen LogP contribution in [0.4, 0.5) is 4.79 Å². The molecule has 0 aromatic rings. The normalized spacial score (nSPS) is 20.5. The van der Waals surface area contributed by atoms with Crippen molar-refractivity contribution in [2.24, 2.45) is 0 Å². The van der Waals surface area contributed by atoms with E-state index in [1.165, 1.54) is 0 Å². The van der Waals surface area contributed by atoms with E-state index in [9.17, 15) is 9.59 Å². The van der Waals surface area contributed by atoms with E-state index in [4.69, 9.17) is 16.3 Å². The molecule has 1 saturated heterocycles. The Morgan fingerprint density at radius 1 is 1.41 bits per heavy atom. The summed E-state index contributed by atoms with van der Waals surface area (Å²) in [5.74, 6) is -0.00862. The van der Waals surface area contributed by atoms with Crippen molar-refractivity contribution in [2.45, 2.75) is 51.7 Å². The third-order valence-corrected chi connectivity index (χ3v) is 2.92. The number of likely N-dealkylation sites (tertiary alicyclic amines) is 1. The van der Waals surface area contributed by atoms with E-state index in [2.05, 4.69) is 0 Å². The lowest BCUT2D eigenvalue weighted by molar-refractivity contribution is -0.117. The van der Waals surface area contributed by atoms with Gasteiger partial charge in [-0.2, -0.15) is 0 Å². The Morgan fingerprint density at radius 2 is 2.06 bits per heavy atom. The minimum atomic E-state index is -0.499. The minimum Gasteiger partial charge on any atom is -0.444 e. The Hall–Kier alpha value is -0.770. The fraction of sp³-hybridized carbons (Fsp3) is 0.833. The van der Waals surface area contributed by atoms with Crippen molar-refractivity contribution < 1.29 is 14.3 Å². The summed E-state index contributed by atoms with van der Waals surface area (Å²) in [5.41, 5.74) is -0.499. The maximum atomic E-state index is 11.9. The van der Waals surface area contributed by atoms with Gasteiger partial charge in [0.1, 0.15) is 11.4 Å². The van der Waals surface area contributed by atoms with Gasteiger partial charge in [0.15, 0.2) is 0 Å². The number of hydrogen-bond acceptors (Lipinski definition) is 3. The molecular formula is C12H20ClNO3. The number of carbonyl (C=O) groups is 2. The number of nitrogens with zero attached hydrogens (tertiary/aromatic N) is 1. The van der Waals surface area contributed by atoms with Crippen molar-refractivity contribution in [3.05, 3.63) is 0 Å². The van der Waals surface area contributed by atoms with E-state index in [1.807, 2.05) is 20.8 Å². The van der Waals surface area contributed by atoms with Crippen LogP contribution in [0.1, 0.15) is 40.0 Å². The molecule has 17 heavy (non-hydrogen) atoms. The highest BCUT2D eigenvalue weighted by molar-refractivity contribution is 6.27. The van der Waals surface area contributed by atoms with Crippen LogP contribution in [0.5, 0.6) is 0 Å². The zero-order valence-electron chi connectivity index (χ0n) is 10.7. The number of halogens is 1. The first-order valence-electron chi connectivity index (χ1n) is 5.91. The van der Waals surface area contributed by atoms with Gasteiger partial charge in [-0.15, -0.1) is 11.6 Å². The molecule has 0 bridgehead atoms. The summed E-state index contributed by atoms with van der Waals surface area (Å²) in [4.78, 5) is 24.9. The summed E-state index contributed by atoms with van der Waals surface area (Å²) < 4.78 is 5.31. The number of ketones is 1. The van der Waals surface area contributed by atoms with E-state index in [1.54, 1.807) is 4.90 Å². The van der Waals surface area contributed by atoms with Crippen LogP contribution >= 0.6 is 11.6 Å². The van der Waals surface area contributed by atoms with Gasteiger partial charge in [0.05, 0.1) is 5.88 Å². The van der Waals surface area contributed by atoms with Gasteiger partial charge in [0.2, 0.25) is 0 Å². The monoisotopic (exact) mass is 261 g/mol. The maximum absolute atomic E-state index is 11.9. The number of amides is 1. The molecule has 0 radical (unpaired) electrons. The average molecular weight is 262 g/mol. The molecule has 98 valence electrons. The van der Waals surface area contributed by atoms with Gasteiger partial charge in [0, 0.05) is 19.0 Å². The van der Waals surface area contributed by atoms with Crippen molar-refractivity contribution in [1.29, 1.82) is 0 Å². The van der Waals surface area contributed by atoms with Gasteiger partial charge < -0.3 is 9.64 Å². The number of carbonyl (C=O) groups excluding carboxylic acids is 2. The third kappa shape index (κ3) is 4.54. The predicted octanol–water partition coefficient (Wildman–Crippen LogP) is 2.58. The number of alkyl halides is 1. The fourth-order valence-corrected chi connectivity index (χ4v) is 2.04. The van der Waals surface area contributed by atoms with Crippen LogP contribution in [0.15, 0.2) is 0 Å². The van der Waals surface area contributed by atoms with E-state index in [0.717, 1.165) is 12.8 Å². The van der Waals surface area contributed by atoms with Crippen LogP contribution in [-0.2, 0) is 9.53 Å². The molecule has 0 spiro atoms. The minimum absolute atomic E-state index is 0.0126. The number of Topliss-reactive ketones (excluding diaryl/α,β-unsaturated/α-hetero) is 1. The zero-order valence-corrected chi connectivity index (χ0v) is 11.4. The summed E-state index contributed by atoms with van der Waals surface area (Å²) in [7, 11) is 0. The fourth-order valence-electron chi connectivity index (χ4n) is 1.93. The quantitative estimate of drug-likeness (QED) is 0.734. The summed E-state index contributed by atoms with van der Waals surface area (Å²) in [6, 6.07) is -0.0453. The van der Waals surface area contributed by atoms with E-state index < -0.39 is 5.60 Å². The molecule has 5 heteroatoms. The molecule has 0 aromatic heterocycles. The first kappa shape index (κ1) is 14.3. The molecule has 1 heterocycles. The summed E-state index contributed by atoms with van der Waals surface area (Å²) in [6.45, 7) is 6.16. The summed E-state index contributed by atoms with van der Waals surface area (Å²) in [6.07, 6.45) is 1.77. The summed E-state index contributed by atoms with van der Waals surface area (Å²) in [5, 5.41) is 0. The molecule has 1 unspecified atom stereocenters. The van der Waals surface area contributed by atoms with Crippen LogP contribution in [0.2, 0.25) is 0 Å². The molecular weight excluding hydrogens is 242 g/mol. The molecule has 1 atom stereocenters. The van der Waals surface area contributed by atoms with E-state index in [-0.39, 0.29) is 23.8 Å². The molecule has 0 saturated carbocycles. The highest BCUT2D eigenvalue weighted by Gasteiger charge is 2.32. The van der Waals surface area contributed by atoms with Gasteiger partial charge in [-0.1, -0.05) is 0 Å². The number of hydrogen-bond donors (Lipinski definition) is 0. The van der Waals surface area contributed by atoms with E-state index >= 15 is 0 Å². The van der Waals surface area contributed by atoms with Gasteiger partial charge in [-0.3, -0.25) is 4.79 Å². The Bertz CT molecular complexity index is 299. The molecule has 0 aromatic carbocycles. The molecule has 0 aliphatic carbocycles. The van der Waals surface area contributed by atoms with Crippen molar-refractivity contribution in [2.75, 3.05) is 12.4 Å². The van der Waals surface area contributed by atoms with Crippen LogP contribution in [-0.4, -0.2) is 40.8 Å². The highest BCUT2D eigenvalue weighted by atomic mass is 35.5. The molecule has 0 N–H and O–H groups in total. The lowest BCUT2D eigenvalue weighted by Crippen LogP contribution is -2.40. The van der Waals surface area contributed by atoms with Gasteiger partial charge in [-0.05, 0) is 33.6 Å². The van der Waals surface area contributed by atoms with Crippen molar-refractivity contribution in [3.63, 3.8) is 0 Å². The van der Waals surface area contributed by atoms with Crippen molar-refractivity contribution in [3.8, 4) is 0 Å². The smallest absolute Gasteiger partial charge is 0.410 e. The van der Waals surface area contributed by atoms with Gasteiger partial charge in [-0.25, -0.2) is 4.79 Å².